The van der Waals surface area contributed by atoms with Gasteiger partial charge in [-0.15, -0.1) is 0 Å². The number of amides is 1. The van der Waals surface area contributed by atoms with Crippen molar-refractivity contribution in [2.24, 2.45) is 0 Å². The number of nitrogens with zero attached hydrogens (tertiary/aromatic N) is 2. The lowest BCUT2D eigenvalue weighted by molar-refractivity contribution is -0.0368. The number of benzene rings is 2. The molecular weight excluding hydrogens is 549 g/mol. The summed E-state index contributed by atoms with van der Waals surface area (Å²) in [5, 5.41) is 8.61. The second-order valence-corrected chi connectivity index (χ2v) is 9.25. The first-order chi connectivity index (χ1) is 16.6. The largest absolute Gasteiger partial charge is 0.493 e. The molecule has 0 bridgehead atoms. The van der Waals surface area contributed by atoms with Crippen molar-refractivity contribution < 1.29 is 23.7 Å². The molecule has 1 amide bonds. The van der Waals surface area contributed by atoms with Crippen LogP contribution in [0.5, 0.6) is 5.75 Å². The normalized spacial score (nSPS) is 16.8. The molecule has 182 valence electrons. The van der Waals surface area contributed by atoms with Crippen LogP contribution >= 0.6 is 22.6 Å². The summed E-state index contributed by atoms with van der Waals surface area (Å²) in [5.74, 6) is 0.761. The number of aromatic nitrogens is 2. The van der Waals surface area contributed by atoms with Crippen molar-refractivity contribution in [1.29, 1.82) is 0 Å². The van der Waals surface area contributed by atoms with E-state index in [1.165, 1.54) is 0 Å². The molecule has 9 heteroatoms. The summed E-state index contributed by atoms with van der Waals surface area (Å²) < 4.78 is 25.4. The number of hydrogen-bond donors (Lipinski definition) is 1. The van der Waals surface area contributed by atoms with E-state index in [0.29, 0.717) is 19.6 Å². The maximum atomic E-state index is 12.2. The van der Waals surface area contributed by atoms with Crippen LogP contribution in [0, 0.1) is 3.70 Å². The van der Waals surface area contributed by atoms with Gasteiger partial charge in [0.15, 0.2) is 6.23 Å². The standard InChI is InChI=1S/C25H30IN3O5/c1-31-17-19(27-25(30)34-16-18-7-3-2-4-8-18)12-14-32-20-10-11-22-21(15-20)24(26)28-29(22)23-9-5-6-13-33-23/h2-4,7-8,10-11,15,19,23H,5-6,9,12-14,16-17H2,1H3,(H,27,30). The number of nitrogens with one attached hydrogen (secondary N) is 1. The fourth-order valence-corrected chi connectivity index (χ4v) is 4.62. The van der Waals surface area contributed by atoms with Gasteiger partial charge in [0.1, 0.15) is 16.1 Å². The average molecular weight is 579 g/mol. The van der Waals surface area contributed by atoms with Crippen molar-refractivity contribution in [2.45, 2.75) is 44.6 Å². The first-order valence-electron chi connectivity index (χ1n) is 11.5. The molecule has 1 aromatic heterocycles. The topological polar surface area (TPSA) is 83.8 Å². The van der Waals surface area contributed by atoms with Crippen LogP contribution in [0.25, 0.3) is 10.9 Å². The monoisotopic (exact) mass is 579 g/mol. The van der Waals surface area contributed by atoms with Gasteiger partial charge in [0.2, 0.25) is 0 Å². The van der Waals surface area contributed by atoms with Gasteiger partial charge in [0.05, 0.1) is 24.8 Å². The third-order valence-corrected chi connectivity index (χ3v) is 6.50. The number of methoxy groups -OCH3 is 1. The van der Waals surface area contributed by atoms with Gasteiger partial charge in [-0.2, -0.15) is 5.10 Å². The molecule has 8 nitrogen and oxygen atoms in total. The van der Waals surface area contributed by atoms with E-state index < -0.39 is 6.09 Å². The zero-order chi connectivity index (χ0) is 23.8. The SMILES string of the molecule is COCC(CCOc1ccc2c(c1)c(I)nn2C1CCCCO1)NC(=O)OCc1ccccc1. The van der Waals surface area contributed by atoms with Gasteiger partial charge in [-0.05, 0) is 65.6 Å². The van der Waals surface area contributed by atoms with Gasteiger partial charge in [-0.25, -0.2) is 9.48 Å². The van der Waals surface area contributed by atoms with Crippen molar-refractivity contribution in [3.8, 4) is 5.75 Å². The number of carbonyl (C=O) groups is 1. The van der Waals surface area contributed by atoms with Crippen molar-refractivity contribution in [2.75, 3.05) is 26.9 Å². The molecule has 3 aromatic rings. The number of fused-ring (bicyclic) bond motifs is 1. The second-order valence-electron chi connectivity index (χ2n) is 8.23. The molecule has 1 aliphatic heterocycles. The summed E-state index contributed by atoms with van der Waals surface area (Å²) in [4.78, 5) is 12.2. The van der Waals surface area contributed by atoms with E-state index in [-0.39, 0.29) is 18.9 Å². The van der Waals surface area contributed by atoms with Crippen molar-refractivity contribution >= 4 is 39.6 Å². The fourth-order valence-electron chi connectivity index (χ4n) is 3.96. The summed E-state index contributed by atoms with van der Waals surface area (Å²) >= 11 is 2.26. The summed E-state index contributed by atoms with van der Waals surface area (Å²) in [6, 6.07) is 15.3. The van der Waals surface area contributed by atoms with Crippen LogP contribution < -0.4 is 10.1 Å². The second kappa shape index (κ2) is 12.4. The Hall–Kier alpha value is -2.37. The minimum atomic E-state index is -0.473. The highest BCUT2D eigenvalue weighted by Crippen LogP contribution is 2.31. The Morgan fingerprint density at radius 3 is 2.88 bits per heavy atom. The summed E-state index contributed by atoms with van der Waals surface area (Å²) in [6.45, 7) is 1.80. The fraction of sp³-hybridized carbons (Fsp3) is 0.440. The average Bonchev–Trinajstić information content (AvgIpc) is 3.20. The van der Waals surface area contributed by atoms with Crippen LogP contribution in [0.15, 0.2) is 48.5 Å². The smallest absolute Gasteiger partial charge is 0.407 e. The molecule has 2 atom stereocenters. The molecule has 1 N–H and O–H groups in total. The molecule has 0 aliphatic carbocycles. The van der Waals surface area contributed by atoms with E-state index in [1.807, 2.05) is 53.2 Å². The van der Waals surface area contributed by atoms with Crippen LogP contribution in [0.3, 0.4) is 0 Å². The summed E-state index contributed by atoms with van der Waals surface area (Å²) in [5.41, 5.74) is 1.98. The molecule has 2 aromatic carbocycles. The lowest BCUT2D eigenvalue weighted by atomic mass is 10.2. The summed E-state index contributed by atoms with van der Waals surface area (Å²) in [7, 11) is 1.61. The number of halogens is 1. The number of carbonyl (C=O) groups excluding carboxylic acids is 1. The first kappa shape index (κ1) is 24.7. The van der Waals surface area contributed by atoms with E-state index in [4.69, 9.17) is 24.0 Å². The molecule has 1 aliphatic rings. The lowest BCUT2D eigenvalue weighted by Gasteiger charge is -2.23. The Kier molecular flexibility index (Phi) is 9.00. The van der Waals surface area contributed by atoms with Crippen LogP contribution in [0.2, 0.25) is 0 Å². The van der Waals surface area contributed by atoms with E-state index in [2.05, 4.69) is 27.9 Å². The van der Waals surface area contributed by atoms with Crippen LogP contribution in [-0.2, 0) is 20.8 Å². The highest BCUT2D eigenvalue weighted by atomic mass is 127. The van der Waals surface area contributed by atoms with E-state index in [9.17, 15) is 4.79 Å². The first-order valence-corrected chi connectivity index (χ1v) is 12.6. The molecule has 0 saturated carbocycles. The Morgan fingerprint density at radius 1 is 1.26 bits per heavy atom. The molecular formula is C25H30IN3O5. The van der Waals surface area contributed by atoms with Gasteiger partial charge in [0.25, 0.3) is 0 Å². The molecule has 4 rings (SSSR count). The summed E-state index contributed by atoms with van der Waals surface area (Å²) in [6.07, 6.45) is 3.34. The van der Waals surface area contributed by atoms with Gasteiger partial charge >= 0.3 is 6.09 Å². The predicted octanol–water partition coefficient (Wildman–Crippen LogP) is 5.05. The number of hydrogen-bond acceptors (Lipinski definition) is 6. The molecule has 2 heterocycles. The molecule has 1 fully saturated rings. The highest BCUT2D eigenvalue weighted by Gasteiger charge is 2.21. The van der Waals surface area contributed by atoms with Crippen molar-refractivity contribution in [1.82, 2.24) is 15.1 Å². The quantitative estimate of drug-likeness (QED) is 0.339. The maximum Gasteiger partial charge on any atom is 0.407 e. The number of alkyl carbamates (subject to hydrolysis) is 1. The number of rotatable bonds is 10. The minimum absolute atomic E-state index is 0.00550. The Bertz CT molecular complexity index is 1070. The Balaban J connectivity index is 1.30. The van der Waals surface area contributed by atoms with Crippen LogP contribution in [-0.4, -0.2) is 48.8 Å². The van der Waals surface area contributed by atoms with E-state index in [0.717, 1.165) is 51.8 Å². The van der Waals surface area contributed by atoms with E-state index in [1.54, 1.807) is 7.11 Å². The third kappa shape index (κ3) is 6.61. The van der Waals surface area contributed by atoms with Crippen molar-refractivity contribution in [3.05, 3.63) is 57.8 Å². The molecule has 0 radical (unpaired) electrons. The van der Waals surface area contributed by atoms with Gasteiger partial charge in [-0.1, -0.05) is 30.3 Å². The Morgan fingerprint density at radius 2 is 2.12 bits per heavy atom. The number of ether oxygens (including phenoxy) is 4. The highest BCUT2D eigenvalue weighted by molar-refractivity contribution is 14.1. The molecule has 2 unspecified atom stereocenters. The molecule has 0 spiro atoms. The predicted molar refractivity (Wildman–Crippen MR) is 137 cm³/mol. The zero-order valence-corrected chi connectivity index (χ0v) is 21.4. The van der Waals surface area contributed by atoms with Gasteiger partial charge in [0, 0.05) is 25.5 Å². The zero-order valence-electron chi connectivity index (χ0n) is 19.2. The maximum absolute atomic E-state index is 12.2. The minimum Gasteiger partial charge on any atom is -0.493 e. The van der Waals surface area contributed by atoms with Crippen molar-refractivity contribution in [3.63, 3.8) is 0 Å². The van der Waals surface area contributed by atoms with Crippen LogP contribution in [0.4, 0.5) is 4.79 Å². The van der Waals surface area contributed by atoms with E-state index >= 15 is 0 Å². The third-order valence-electron chi connectivity index (χ3n) is 5.70. The lowest BCUT2D eigenvalue weighted by Crippen LogP contribution is -2.39. The molecule has 1 saturated heterocycles. The Labute approximate surface area is 213 Å². The van der Waals surface area contributed by atoms with Gasteiger partial charge in [-0.3, -0.25) is 0 Å². The van der Waals surface area contributed by atoms with Gasteiger partial charge < -0.3 is 24.3 Å². The van der Waals surface area contributed by atoms with Crippen LogP contribution in [0.1, 0.15) is 37.5 Å². The molecule has 34 heavy (non-hydrogen) atoms.